The molecule has 134 valence electrons. The van der Waals surface area contributed by atoms with Gasteiger partial charge in [0.05, 0.1) is 25.7 Å². The minimum absolute atomic E-state index is 0.00925. The van der Waals surface area contributed by atoms with Gasteiger partial charge in [-0.3, -0.25) is 9.10 Å². The van der Waals surface area contributed by atoms with Gasteiger partial charge in [0.1, 0.15) is 6.04 Å². The number of nitrogens with zero attached hydrogens (tertiary/aromatic N) is 1. The van der Waals surface area contributed by atoms with Crippen molar-refractivity contribution in [2.24, 2.45) is 0 Å². The van der Waals surface area contributed by atoms with Crippen molar-refractivity contribution < 1.29 is 13.2 Å². The van der Waals surface area contributed by atoms with E-state index in [4.69, 9.17) is 46.4 Å². The van der Waals surface area contributed by atoms with Crippen LogP contribution in [0.2, 0.25) is 15.1 Å². The van der Waals surface area contributed by atoms with Crippen LogP contribution < -0.4 is 4.31 Å². The first-order valence-electron chi connectivity index (χ1n) is 7.00. The molecule has 0 fully saturated rings. The molecule has 0 saturated carbocycles. The second-order valence-electron chi connectivity index (χ2n) is 5.31. The number of carbonyl (C=O) groups excluding carboxylic acids is 1. The Kier molecular flexibility index (Phi) is 6.28. The average Bonchev–Trinajstić information content (AvgIpc) is 2.52. The van der Waals surface area contributed by atoms with E-state index in [1.54, 1.807) is 12.1 Å². The minimum atomic E-state index is -4.13. The highest BCUT2D eigenvalue weighted by Crippen LogP contribution is 2.38. The molecule has 2 aromatic rings. The van der Waals surface area contributed by atoms with Gasteiger partial charge >= 0.3 is 0 Å². The summed E-state index contributed by atoms with van der Waals surface area (Å²) in [4.78, 5) is 11.7. The summed E-state index contributed by atoms with van der Waals surface area (Å²) in [5, 5.41) is -0.583. The summed E-state index contributed by atoms with van der Waals surface area (Å²) in [6, 6.07) is 7.56. The van der Waals surface area contributed by atoms with Crippen LogP contribution in [-0.4, -0.2) is 19.7 Å². The van der Waals surface area contributed by atoms with Gasteiger partial charge in [0.15, 0.2) is 0 Å². The molecular formula is C16H13Cl4NO3S. The normalized spacial score (nSPS) is 12.7. The fourth-order valence-electron chi connectivity index (χ4n) is 2.14. The SMILES string of the molecule is Cc1ccc(S(=O)(=O)N(c2cc(Cl)c(Cl)cc2Cl)C(C)C(=O)Cl)cc1. The third-order valence-corrected chi connectivity index (χ3v) is 6.72. The zero-order valence-corrected chi connectivity index (χ0v) is 17.0. The molecule has 0 heterocycles. The highest BCUT2D eigenvalue weighted by Gasteiger charge is 2.34. The molecule has 2 aromatic carbocycles. The van der Waals surface area contributed by atoms with Crippen LogP contribution in [0.3, 0.4) is 0 Å². The van der Waals surface area contributed by atoms with Crippen molar-refractivity contribution in [3.05, 3.63) is 57.0 Å². The van der Waals surface area contributed by atoms with Crippen LogP contribution in [0.25, 0.3) is 0 Å². The van der Waals surface area contributed by atoms with Gasteiger partial charge in [-0.15, -0.1) is 0 Å². The molecular weight excluding hydrogens is 428 g/mol. The Morgan fingerprint density at radius 3 is 2.04 bits per heavy atom. The highest BCUT2D eigenvalue weighted by molar-refractivity contribution is 7.93. The van der Waals surface area contributed by atoms with Crippen molar-refractivity contribution in [2.75, 3.05) is 4.31 Å². The van der Waals surface area contributed by atoms with E-state index in [1.807, 2.05) is 6.92 Å². The van der Waals surface area contributed by atoms with E-state index in [2.05, 4.69) is 0 Å². The Morgan fingerprint density at radius 2 is 1.52 bits per heavy atom. The molecule has 0 aliphatic heterocycles. The van der Waals surface area contributed by atoms with E-state index in [1.165, 1.54) is 31.2 Å². The maximum atomic E-state index is 13.1. The zero-order chi connectivity index (χ0) is 18.9. The van der Waals surface area contributed by atoms with E-state index in [9.17, 15) is 13.2 Å². The lowest BCUT2D eigenvalue weighted by molar-refractivity contribution is -0.112. The monoisotopic (exact) mass is 439 g/mol. The van der Waals surface area contributed by atoms with Crippen molar-refractivity contribution >= 4 is 67.4 Å². The van der Waals surface area contributed by atoms with E-state index >= 15 is 0 Å². The Labute approximate surface area is 166 Å². The molecule has 0 aromatic heterocycles. The largest absolute Gasteiger partial charge is 0.279 e. The summed E-state index contributed by atoms with van der Waals surface area (Å²) in [7, 11) is -4.13. The second-order valence-corrected chi connectivity index (χ2v) is 8.72. The molecule has 2 rings (SSSR count). The van der Waals surface area contributed by atoms with E-state index in [0.717, 1.165) is 9.87 Å². The van der Waals surface area contributed by atoms with Crippen LogP contribution in [0.4, 0.5) is 5.69 Å². The summed E-state index contributed by atoms with van der Waals surface area (Å²) in [5.41, 5.74) is 0.901. The molecule has 0 amide bonds. The van der Waals surface area contributed by atoms with E-state index in [0.29, 0.717) is 0 Å². The maximum Gasteiger partial charge on any atom is 0.265 e. The molecule has 9 heteroatoms. The molecule has 25 heavy (non-hydrogen) atoms. The molecule has 0 radical (unpaired) electrons. The van der Waals surface area contributed by atoms with Crippen molar-refractivity contribution in [2.45, 2.75) is 24.8 Å². The Hall–Kier alpha value is -0.980. The zero-order valence-electron chi connectivity index (χ0n) is 13.1. The topological polar surface area (TPSA) is 54.5 Å². The fourth-order valence-corrected chi connectivity index (χ4v) is 4.61. The summed E-state index contributed by atoms with van der Waals surface area (Å²) in [5.74, 6) is 0. The molecule has 1 unspecified atom stereocenters. The van der Waals surface area contributed by atoms with Crippen LogP contribution in [-0.2, 0) is 14.8 Å². The fraction of sp³-hybridized carbons (Fsp3) is 0.188. The lowest BCUT2D eigenvalue weighted by atomic mass is 10.2. The molecule has 0 bridgehead atoms. The average molecular weight is 441 g/mol. The summed E-state index contributed by atoms with van der Waals surface area (Å²) in [6.45, 7) is 3.19. The number of sulfonamides is 1. The van der Waals surface area contributed by atoms with Crippen LogP contribution in [0.1, 0.15) is 12.5 Å². The smallest absolute Gasteiger partial charge is 0.265 e. The van der Waals surface area contributed by atoms with Gasteiger partial charge in [-0.1, -0.05) is 52.5 Å². The van der Waals surface area contributed by atoms with E-state index in [-0.39, 0.29) is 25.7 Å². The van der Waals surface area contributed by atoms with Gasteiger partial charge in [0.25, 0.3) is 10.0 Å². The molecule has 1 atom stereocenters. The first kappa shape index (κ1) is 20.3. The number of hydrogen-bond acceptors (Lipinski definition) is 3. The molecule has 4 nitrogen and oxygen atoms in total. The number of benzene rings is 2. The molecule has 0 aliphatic rings. The first-order valence-corrected chi connectivity index (χ1v) is 9.96. The lowest BCUT2D eigenvalue weighted by Crippen LogP contribution is -2.42. The minimum Gasteiger partial charge on any atom is -0.279 e. The quantitative estimate of drug-likeness (QED) is 0.467. The first-order chi connectivity index (χ1) is 11.6. The van der Waals surface area contributed by atoms with E-state index < -0.39 is 21.3 Å². The number of carbonyl (C=O) groups is 1. The van der Waals surface area contributed by atoms with Gasteiger partial charge < -0.3 is 0 Å². The van der Waals surface area contributed by atoms with Crippen LogP contribution in [0.15, 0.2) is 41.3 Å². The van der Waals surface area contributed by atoms with Crippen molar-refractivity contribution in [1.82, 2.24) is 0 Å². The standard InChI is InChI=1S/C16H13Cl4NO3S/c1-9-3-5-11(6-4-9)25(23,24)21(10(2)16(20)22)15-8-13(18)12(17)7-14(15)19/h3-8,10H,1-2H3. The number of hydrogen-bond donors (Lipinski definition) is 0. The van der Waals surface area contributed by atoms with Crippen LogP contribution >= 0.6 is 46.4 Å². The molecule has 0 spiro atoms. The predicted octanol–water partition coefficient (Wildman–Crippen LogP) is 5.30. The number of aryl methyl sites for hydroxylation is 1. The number of anilines is 1. The Morgan fingerprint density at radius 1 is 1.00 bits per heavy atom. The third-order valence-electron chi connectivity index (χ3n) is 3.49. The Bertz CT molecular complexity index is 914. The third kappa shape index (κ3) is 4.23. The molecule has 0 aliphatic carbocycles. The summed E-state index contributed by atoms with van der Waals surface area (Å²) in [6.07, 6.45) is 0. The van der Waals surface area contributed by atoms with Crippen molar-refractivity contribution in [1.29, 1.82) is 0 Å². The van der Waals surface area contributed by atoms with Gasteiger partial charge in [-0.25, -0.2) is 8.42 Å². The van der Waals surface area contributed by atoms with Gasteiger partial charge in [-0.2, -0.15) is 0 Å². The predicted molar refractivity (Wildman–Crippen MR) is 103 cm³/mol. The van der Waals surface area contributed by atoms with Gasteiger partial charge in [0.2, 0.25) is 5.24 Å². The number of rotatable bonds is 5. The molecule has 0 saturated heterocycles. The van der Waals surface area contributed by atoms with Crippen molar-refractivity contribution in [3.63, 3.8) is 0 Å². The van der Waals surface area contributed by atoms with Gasteiger partial charge in [-0.05, 0) is 49.7 Å². The summed E-state index contributed by atoms with van der Waals surface area (Å²) < 4.78 is 27.1. The maximum absolute atomic E-state index is 13.1. The van der Waals surface area contributed by atoms with Crippen LogP contribution in [0, 0.1) is 6.92 Å². The number of halogens is 4. The van der Waals surface area contributed by atoms with Crippen molar-refractivity contribution in [3.8, 4) is 0 Å². The summed E-state index contributed by atoms with van der Waals surface area (Å²) >= 11 is 23.6. The molecule has 0 N–H and O–H groups in total. The lowest BCUT2D eigenvalue weighted by Gasteiger charge is -2.29. The van der Waals surface area contributed by atoms with Gasteiger partial charge in [0, 0.05) is 0 Å². The highest BCUT2D eigenvalue weighted by atomic mass is 35.5. The Balaban J connectivity index is 2.71. The second kappa shape index (κ2) is 7.72. The van der Waals surface area contributed by atoms with Crippen LogP contribution in [0.5, 0.6) is 0 Å².